The van der Waals surface area contributed by atoms with Crippen molar-refractivity contribution < 1.29 is 15.3 Å². The second-order valence-electron chi connectivity index (χ2n) is 6.70. The Bertz CT molecular complexity index is 1030. The number of hydrogen-bond acceptors (Lipinski definition) is 9. The number of fused-ring (bicyclic) bond motifs is 1. The molecule has 29 heavy (non-hydrogen) atoms. The van der Waals surface area contributed by atoms with Crippen molar-refractivity contribution in [3.63, 3.8) is 0 Å². The number of aromatic amines is 1. The lowest BCUT2D eigenvalue weighted by atomic mass is 10.1. The minimum atomic E-state index is -1.07. The molecule has 11 heteroatoms. The number of benzene rings is 1. The van der Waals surface area contributed by atoms with E-state index in [1.165, 1.54) is 23.1 Å². The van der Waals surface area contributed by atoms with Gasteiger partial charge in [-0.15, -0.1) is 23.7 Å². The van der Waals surface area contributed by atoms with Gasteiger partial charge in [-0.25, -0.2) is 9.97 Å². The first-order valence-electron chi connectivity index (χ1n) is 8.79. The molecular weight excluding hydrogens is 436 g/mol. The summed E-state index contributed by atoms with van der Waals surface area (Å²) in [5.74, 6) is -0.123. The summed E-state index contributed by atoms with van der Waals surface area (Å²) in [5, 5.41) is 33.9. The van der Waals surface area contributed by atoms with Crippen LogP contribution in [0.5, 0.6) is 0 Å². The first-order chi connectivity index (χ1) is 13.5. The number of anilines is 1. The Hall–Kier alpha value is -1.69. The normalized spacial score (nSPS) is 23.9. The Labute approximate surface area is 180 Å². The van der Waals surface area contributed by atoms with Crippen LogP contribution in [-0.4, -0.2) is 61.4 Å². The second kappa shape index (κ2) is 8.99. The summed E-state index contributed by atoms with van der Waals surface area (Å²) in [6.07, 6.45) is 0.0610. The molecule has 8 nitrogen and oxygen atoms in total. The molecule has 1 aliphatic carbocycles. The van der Waals surface area contributed by atoms with E-state index in [1.54, 1.807) is 6.26 Å². The maximum absolute atomic E-state index is 12.8. The zero-order valence-corrected chi connectivity index (χ0v) is 17.9. The van der Waals surface area contributed by atoms with E-state index in [0.717, 1.165) is 10.2 Å². The first-order valence-corrected chi connectivity index (χ1v) is 10.8. The third kappa shape index (κ3) is 4.14. The van der Waals surface area contributed by atoms with Gasteiger partial charge in [0, 0.05) is 12.5 Å². The Kier molecular flexibility index (Phi) is 6.82. The van der Waals surface area contributed by atoms with Crippen LogP contribution in [0.2, 0.25) is 0 Å². The number of nitrogens with one attached hydrogen (secondary N) is 2. The average molecular weight is 457 g/mol. The minimum absolute atomic E-state index is 0. The van der Waals surface area contributed by atoms with Crippen molar-refractivity contribution in [3.8, 4) is 10.6 Å². The van der Waals surface area contributed by atoms with Gasteiger partial charge in [-0.2, -0.15) is 0 Å². The maximum Gasteiger partial charge on any atom is 0.264 e. The molecule has 2 aromatic heterocycles. The lowest BCUT2D eigenvalue weighted by Crippen LogP contribution is -2.36. The topological polar surface area (TPSA) is 131 Å². The van der Waals surface area contributed by atoms with Crippen molar-refractivity contribution in [1.82, 2.24) is 15.0 Å². The third-order valence-electron chi connectivity index (χ3n) is 4.96. The summed E-state index contributed by atoms with van der Waals surface area (Å²) < 4.78 is 0.952. The zero-order valence-electron chi connectivity index (χ0n) is 15.4. The number of para-hydroxylation sites is 1. The van der Waals surface area contributed by atoms with Gasteiger partial charge in [0.25, 0.3) is 5.56 Å². The molecule has 0 aliphatic heterocycles. The molecule has 1 aliphatic rings. The molecule has 0 saturated heterocycles. The molecule has 0 bridgehead atoms. The predicted molar refractivity (Wildman–Crippen MR) is 117 cm³/mol. The molecule has 0 spiro atoms. The highest BCUT2D eigenvalue weighted by Gasteiger charge is 2.41. The summed E-state index contributed by atoms with van der Waals surface area (Å²) in [6.45, 7) is -0.222. The highest BCUT2D eigenvalue weighted by atomic mass is 35.5. The van der Waals surface area contributed by atoms with Crippen molar-refractivity contribution >= 4 is 51.5 Å². The van der Waals surface area contributed by atoms with Crippen molar-refractivity contribution in [2.24, 2.45) is 5.92 Å². The number of hydrogen-bond donors (Lipinski definition) is 5. The number of halogens is 1. The SMILES string of the molecule is CSc1nc(N[C@@H]2C[C@H](CO)[C@@H](O)[C@H]2O)c(-c2nc3ccccc3s2)c(=O)[nH]1.Cl. The molecule has 2 heterocycles. The van der Waals surface area contributed by atoms with Crippen molar-refractivity contribution in [2.45, 2.75) is 29.8 Å². The number of thiazole rings is 1. The lowest BCUT2D eigenvalue weighted by Gasteiger charge is -2.20. The van der Waals surface area contributed by atoms with Gasteiger partial charge in [-0.1, -0.05) is 23.9 Å². The number of aliphatic hydroxyl groups is 3. The van der Waals surface area contributed by atoms with Crippen LogP contribution in [0.4, 0.5) is 5.82 Å². The molecule has 156 valence electrons. The molecule has 0 amide bonds. The minimum Gasteiger partial charge on any atom is -0.396 e. The monoisotopic (exact) mass is 456 g/mol. The van der Waals surface area contributed by atoms with E-state index in [2.05, 4.69) is 20.3 Å². The van der Waals surface area contributed by atoms with Crippen LogP contribution < -0.4 is 10.9 Å². The highest BCUT2D eigenvalue weighted by molar-refractivity contribution is 7.98. The standard InChI is InChI=1S/C18H20N4O4S2.ClH/c1-27-18-21-15(19-10-6-8(7-23)13(24)14(10)25)12(16(26)22-18)17-20-9-4-2-3-5-11(9)28-17;/h2-5,8,10,13-14,23-25H,6-7H2,1H3,(H2,19,21,22,26);1H/t8-,10-,13-,14+;/m1./s1. The zero-order chi connectivity index (χ0) is 19.8. The van der Waals surface area contributed by atoms with Gasteiger partial charge < -0.3 is 25.6 Å². The summed E-state index contributed by atoms with van der Waals surface area (Å²) >= 11 is 2.68. The molecule has 1 aromatic carbocycles. The van der Waals surface area contributed by atoms with Crippen LogP contribution in [0.25, 0.3) is 20.8 Å². The molecule has 0 radical (unpaired) electrons. The van der Waals surface area contributed by atoms with Crippen LogP contribution in [0.1, 0.15) is 6.42 Å². The van der Waals surface area contributed by atoms with Crippen LogP contribution in [-0.2, 0) is 0 Å². The average Bonchev–Trinajstić information content (AvgIpc) is 3.23. The van der Waals surface area contributed by atoms with Gasteiger partial charge in [0.15, 0.2) is 5.16 Å². The Morgan fingerprint density at radius 3 is 2.69 bits per heavy atom. The number of rotatable bonds is 5. The molecule has 1 saturated carbocycles. The van der Waals surface area contributed by atoms with Gasteiger partial charge in [-0.05, 0) is 24.8 Å². The fourth-order valence-electron chi connectivity index (χ4n) is 3.46. The van der Waals surface area contributed by atoms with E-state index >= 15 is 0 Å². The number of aliphatic hydroxyl groups excluding tert-OH is 3. The van der Waals surface area contributed by atoms with E-state index < -0.39 is 24.2 Å². The van der Waals surface area contributed by atoms with Gasteiger partial charge in [0.05, 0.1) is 22.4 Å². The molecule has 3 aromatic rings. The third-order valence-corrected chi connectivity index (χ3v) is 6.59. The largest absolute Gasteiger partial charge is 0.396 e. The van der Waals surface area contributed by atoms with Crippen molar-refractivity contribution in [3.05, 3.63) is 34.6 Å². The summed E-state index contributed by atoms with van der Waals surface area (Å²) in [4.78, 5) is 24.6. The molecule has 0 unspecified atom stereocenters. The van der Waals surface area contributed by atoms with Crippen LogP contribution >= 0.6 is 35.5 Å². The molecule has 5 N–H and O–H groups in total. The first kappa shape index (κ1) is 22.0. The van der Waals surface area contributed by atoms with E-state index in [9.17, 15) is 20.1 Å². The van der Waals surface area contributed by atoms with Crippen LogP contribution in [0.15, 0.2) is 34.2 Å². The number of H-pyrrole nitrogens is 1. The Morgan fingerprint density at radius 2 is 2.03 bits per heavy atom. The number of thioether (sulfide) groups is 1. The summed E-state index contributed by atoms with van der Waals surface area (Å²) in [5.41, 5.74) is 0.763. The van der Waals surface area contributed by atoms with Crippen LogP contribution in [0, 0.1) is 5.92 Å². The molecule has 4 rings (SSSR count). The van der Waals surface area contributed by atoms with E-state index in [-0.39, 0.29) is 24.6 Å². The molecule has 1 fully saturated rings. The lowest BCUT2D eigenvalue weighted by molar-refractivity contribution is 0.00445. The predicted octanol–water partition coefficient (Wildman–Crippen LogP) is 1.70. The molecular formula is C18H21ClN4O4S2. The maximum atomic E-state index is 12.8. The number of aromatic nitrogens is 3. The van der Waals surface area contributed by atoms with E-state index in [4.69, 9.17) is 0 Å². The fourth-order valence-corrected chi connectivity index (χ4v) is 4.84. The van der Waals surface area contributed by atoms with E-state index in [1.807, 2.05) is 24.3 Å². The van der Waals surface area contributed by atoms with Gasteiger partial charge in [0.2, 0.25) is 0 Å². The Morgan fingerprint density at radius 1 is 1.28 bits per heavy atom. The fraction of sp³-hybridized carbons (Fsp3) is 0.389. The van der Waals surface area contributed by atoms with Crippen molar-refractivity contribution in [1.29, 1.82) is 0 Å². The van der Waals surface area contributed by atoms with Crippen LogP contribution in [0.3, 0.4) is 0 Å². The van der Waals surface area contributed by atoms with Gasteiger partial charge >= 0.3 is 0 Å². The van der Waals surface area contributed by atoms with Crippen molar-refractivity contribution in [2.75, 3.05) is 18.2 Å². The summed E-state index contributed by atoms with van der Waals surface area (Å²) in [7, 11) is 0. The smallest absolute Gasteiger partial charge is 0.264 e. The van der Waals surface area contributed by atoms with E-state index in [0.29, 0.717) is 28.0 Å². The molecule has 4 atom stereocenters. The quantitative estimate of drug-likeness (QED) is 0.289. The summed E-state index contributed by atoms with van der Waals surface area (Å²) in [6, 6.07) is 7.07. The second-order valence-corrected chi connectivity index (χ2v) is 8.52. The number of nitrogens with zero attached hydrogens (tertiary/aromatic N) is 2. The van der Waals surface area contributed by atoms with Gasteiger partial charge in [0.1, 0.15) is 22.5 Å². The Balaban J connectivity index is 0.00000240. The van der Waals surface area contributed by atoms with Gasteiger partial charge in [-0.3, -0.25) is 4.79 Å². The highest BCUT2D eigenvalue weighted by Crippen LogP contribution is 2.34.